The van der Waals surface area contributed by atoms with E-state index in [1.54, 1.807) is 6.07 Å². The van der Waals surface area contributed by atoms with Crippen molar-refractivity contribution in [3.8, 4) is 0 Å². The van der Waals surface area contributed by atoms with E-state index in [0.717, 1.165) is 25.2 Å². The van der Waals surface area contributed by atoms with Gasteiger partial charge >= 0.3 is 0 Å². The fourth-order valence-corrected chi connectivity index (χ4v) is 3.03. The molecule has 2 unspecified atom stereocenters. The minimum atomic E-state index is -0.772. The van der Waals surface area contributed by atoms with E-state index < -0.39 is 11.6 Å². The Kier molecular flexibility index (Phi) is 5.49. The number of benzene rings is 1. The van der Waals surface area contributed by atoms with Crippen molar-refractivity contribution >= 4 is 0 Å². The van der Waals surface area contributed by atoms with Crippen LogP contribution in [0.15, 0.2) is 18.2 Å². The van der Waals surface area contributed by atoms with E-state index in [9.17, 15) is 8.78 Å². The first-order valence-electron chi connectivity index (χ1n) is 7.49. The molecule has 0 aromatic heterocycles. The average molecular weight is 282 g/mol. The van der Waals surface area contributed by atoms with Gasteiger partial charge in [-0.3, -0.25) is 4.90 Å². The quantitative estimate of drug-likeness (QED) is 0.892. The van der Waals surface area contributed by atoms with Crippen LogP contribution in [-0.2, 0) is 6.54 Å². The highest BCUT2D eigenvalue weighted by molar-refractivity contribution is 5.17. The molecule has 0 spiro atoms. The van der Waals surface area contributed by atoms with Crippen molar-refractivity contribution in [2.45, 2.75) is 39.3 Å². The van der Waals surface area contributed by atoms with Crippen LogP contribution >= 0.6 is 0 Å². The topological polar surface area (TPSA) is 15.3 Å². The van der Waals surface area contributed by atoms with Gasteiger partial charge in [0.15, 0.2) is 11.6 Å². The molecule has 2 nitrogen and oxygen atoms in total. The highest BCUT2D eigenvalue weighted by Crippen LogP contribution is 2.22. The summed E-state index contributed by atoms with van der Waals surface area (Å²) in [5.41, 5.74) is 0.848. The van der Waals surface area contributed by atoms with Gasteiger partial charge in [-0.05, 0) is 56.5 Å². The Hall–Kier alpha value is -1.00. The summed E-state index contributed by atoms with van der Waals surface area (Å²) in [5.74, 6) is -0.892. The Labute approximate surface area is 120 Å². The second-order valence-corrected chi connectivity index (χ2v) is 5.73. The number of halogens is 2. The lowest BCUT2D eigenvalue weighted by molar-refractivity contribution is 0.145. The monoisotopic (exact) mass is 282 g/mol. The van der Waals surface area contributed by atoms with Crippen molar-refractivity contribution in [3.63, 3.8) is 0 Å². The molecular formula is C16H24F2N2. The number of likely N-dealkylation sites (tertiary alicyclic amines) is 1. The van der Waals surface area contributed by atoms with E-state index in [-0.39, 0.29) is 0 Å². The molecule has 1 aromatic rings. The van der Waals surface area contributed by atoms with Crippen molar-refractivity contribution in [2.24, 2.45) is 5.92 Å². The van der Waals surface area contributed by atoms with Crippen molar-refractivity contribution in [3.05, 3.63) is 35.4 Å². The molecule has 1 aliphatic rings. The number of piperidine rings is 1. The molecule has 0 saturated carbocycles. The summed E-state index contributed by atoms with van der Waals surface area (Å²) in [6.07, 6.45) is 2.41. The lowest BCUT2D eigenvalue weighted by atomic mass is 9.91. The van der Waals surface area contributed by atoms with Crippen molar-refractivity contribution < 1.29 is 8.78 Å². The van der Waals surface area contributed by atoms with Gasteiger partial charge in [0.25, 0.3) is 0 Å². The van der Waals surface area contributed by atoms with Gasteiger partial charge in [0.1, 0.15) is 0 Å². The van der Waals surface area contributed by atoms with Crippen LogP contribution in [0.3, 0.4) is 0 Å². The van der Waals surface area contributed by atoms with Crippen LogP contribution in [0.2, 0.25) is 0 Å². The van der Waals surface area contributed by atoms with Crippen molar-refractivity contribution in [1.82, 2.24) is 10.2 Å². The highest BCUT2D eigenvalue weighted by Gasteiger charge is 2.24. The molecule has 112 valence electrons. The van der Waals surface area contributed by atoms with Crippen LogP contribution in [0.25, 0.3) is 0 Å². The highest BCUT2D eigenvalue weighted by atomic mass is 19.2. The summed E-state index contributed by atoms with van der Waals surface area (Å²) in [4.78, 5) is 2.34. The van der Waals surface area contributed by atoms with Crippen molar-refractivity contribution in [1.29, 1.82) is 0 Å². The number of nitrogens with zero attached hydrogens (tertiary/aromatic N) is 1. The minimum Gasteiger partial charge on any atom is -0.314 e. The zero-order valence-electron chi connectivity index (χ0n) is 12.3. The van der Waals surface area contributed by atoms with Crippen molar-refractivity contribution in [2.75, 3.05) is 19.6 Å². The predicted molar refractivity (Wildman–Crippen MR) is 77.5 cm³/mol. The molecule has 2 rings (SSSR count). The zero-order valence-corrected chi connectivity index (χ0v) is 12.3. The molecule has 20 heavy (non-hydrogen) atoms. The van der Waals surface area contributed by atoms with E-state index in [0.29, 0.717) is 18.5 Å². The molecule has 1 aliphatic heterocycles. The third-order valence-electron chi connectivity index (χ3n) is 4.17. The maximum atomic E-state index is 13.2. The average Bonchev–Trinajstić information content (AvgIpc) is 2.43. The standard InChI is InChI=1S/C16H24F2N2/c1-3-19-12(2)14-5-4-8-20(11-14)10-13-6-7-15(17)16(18)9-13/h6-7,9,12,14,19H,3-5,8,10-11H2,1-2H3. The van der Waals surface area contributed by atoms with Crippen LogP contribution in [-0.4, -0.2) is 30.6 Å². The molecule has 1 N–H and O–H groups in total. The van der Waals surface area contributed by atoms with Gasteiger partial charge in [-0.2, -0.15) is 0 Å². The lowest BCUT2D eigenvalue weighted by Crippen LogP contribution is -2.44. The molecule has 1 fully saturated rings. The summed E-state index contributed by atoms with van der Waals surface area (Å²) < 4.78 is 26.2. The number of hydrogen-bond donors (Lipinski definition) is 1. The van der Waals surface area contributed by atoms with E-state index in [1.165, 1.54) is 25.0 Å². The van der Waals surface area contributed by atoms with Gasteiger partial charge in [-0.1, -0.05) is 13.0 Å². The minimum absolute atomic E-state index is 0.507. The van der Waals surface area contributed by atoms with Gasteiger partial charge in [-0.25, -0.2) is 8.78 Å². The van der Waals surface area contributed by atoms with Gasteiger partial charge in [0, 0.05) is 19.1 Å². The van der Waals surface area contributed by atoms with E-state index in [1.807, 2.05) is 0 Å². The van der Waals surface area contributed by atoms with Crippen LogP contribution in [0.4, 0.5) is 8.78 Å². The molecule has 1 saturated heterocycles. The third-order valence-corrected chi connectivity index (χ3v) is 4.17. The maximum Gasteiger partial charge on any atom is 0.159 e. The van der Waals surface area contributed by atoms with Gasteiger partial charge < -0.3 is 5.32 Å². The van der Waals surface area contributed by atoms with E-state index in [2.05, 4.69) is 24.1 Å². The fraction of sp³-hybridized carbons (Fsp3) is 0.625. The molecular weight excluding hydrogens is 258 g/mol. The van der Waals surface area contributed by atoms with Crippen LogP contribution < -0.4 is 5.32 Å². The Morgan fingerprint density at radius 1 is 1.35 bits per heavy atom. The molecule has 2 atom stereocenters. The summed E-state index contributed by atoms with van der Waals surface area (Å²) in [5, 5.41) is 3.48. The molecule has 4 heteroatoms. The third kappa shape index (κ3) is 4.00. The SMILES string of the molecule is CCNC(C)C1CCCN(Cc2ccc(F)c(F)c2)C1. The van der Waals surface area contributed by atoms with Gasteiger partial charge in [0.05, 0.1) is 0 Å². The van der Waals surface area contributed by atoms with Crippen LogP contribution in [0.1, 0.15) is 32.3 Å². The molecule has 0 amide bonds. The Balaban J connectivity index is 1.93. The van der Waals surface area contributed by atoms with E-state index in [4.69, 9.17) is 0 Å². The Morgan fingerprint density at radius 2 is 2.15 bits per heavy atom. The Bertz CT molecular complexity index is 436. The van der Waals surface area contributed by atoms with Crippen LogP contribution in [0.5, 0.6) is 0 Å². The number of nitrogens with one attached hydrogen (secondary N) is 1. The normalized spacial score (nSPS) is 21.9. The second kappa shape index (κ2) is 7.14. The fourth-order valence-electron chi connectivity index (χ4n) is 3.03. The lowest BCUT2D eigenvalue weighted by Gasteiger charge is -2.36. The summed E-state index contributed by atoms with van der Waals surface area (Å²) in [6, 6.07) is 4.71. The number of hydrogen-bond acceptors (Lipinski definition) is 2. The smallest absolute Gasteiger partial charge is 0.159 e. The molecule has 1 aromatic carbocycles. The predicted octanol–water partition coefficient (Wildman–Crippen LogP) is 3.17. The first-order valence-corrected chi connectivity index (χ1v) is 7.49. The maximum absolute atomic E-state index is 13.2. The van der Waals surface area contributed by atoms with Gasteiger partial charge in [0.2, 0.25) is 0 Å². The zero-order chi connectivity index (χ0) is 14.5. The molecule has 1 heterocycles. The first-order chi connectivity index (χ1) is 9.60. The summed E-state index contributed by atoms with van der Waals surface area (Å²) >= 11 is 0. The van der Waals surface area contributed by atoms with Crippen LogP contribution in [0, 0.1) is 17.6 Å². The van der Waals surface area contributed by atoms with Gasteiger partial charge in [-0.15, -0.1) is 0 Å². The largest absolute Gasteiger partial charge is 0.314 e. The Morgan fingerprint density at radius 3 is 2.85 bits per heavy atom. The molecule has 0 aliphatic carbocycles. The summed E-state index contributed by atoms with van der Waals surface area (Å²) in [7, 11) is 0. The van der Waals surface area contributed by atoms with E-state index >= 15 is 0 Å². The number of rotatable bonds is 5. The molecule has 0 radical (unpaired) electrons. The first kappa shape index (κ1) is 15.4. The molecule has 0 bridgehead atoms. The summed E-state index contributed by atoms with van der Waals surface area (Å²) in [6.45, 7) is 8.10. The second-order valence-electron chi connectivity index (χ2n) is 5.73.